The number of nitrogens with zero attached hydrogens (tertiary/aromatic N) is 1. The van der Waals surface area contributed by atoms with Gasteiger partial charge in [-0.25, -0.2) is 4.39 Å². The van der Waals surface area contributed by atoms with Gasteiger partial charge in [0, 0.05) is 19.2 Å². The first-order valence-corrected chi connectivity index (χ1v) is 5.17. The number of carbonyl (C=O) groups excluding carboxylic acids is 1. The third kappa shape index (κ3) is 2.17. The molecule has 0 aliphatic heterocycles. The lowest BCUT2D eigenvalue weighted by molar-refractivity contribution is 0.112. The van der Waals surface area contributed by atoms with Crippen LogP contribution >= 0.6 is 0 Å². The van der Waals surface area contributed by atoms with E-state index in [2.05, 4.69) is 0 Å². The third-order valence-corrected chi connectivity index (χ3v) is 2.76. The minimum Gasteiger partial charge on any atom is -0.371 e. The number of rotatable bonds is 4. The number of benzene rings is 1. The van der Waals surface area contributed by atoms with Gasteiger partial charge in [0.1, 0.15) is 5.82 Å². The van der Waals surface area contributed by atoms with Gasteiger partial charge in [-0.2, -0.15) is 0 Å². The summed E-state index contributed by atoms with van der Waals surface area (Å²) < 4.78 is 13.6. The van der Waals surface area contributed by atoms with Gasteiger partial charge in [0.05, 0.1) is 5.69 Å². The average Bonchev–Trinajstić information content (AvgIpc) is 3.00. The van der Waals surface area contributed by atoms with E-state index in [1.165, 1.54) is 18.9 Å². The molecule has 2 rings (SSSR count). The molecule has 0 unspecified atom stereocenters. The number of halogens is 1. The number of hydrogen-bond donors (Lipinski definition) is 0. The van der Waals surface area contributed by atoms with Gasteiger partial charge in [-0.15, -0.1) is 0 Å². The molecule has 15 heavy (non-hydrogen) atoms. The van der Waals surface area contributed by atoms with Gasteiger partial charge in [-0.3, -0.25) is 4.79 Å². The molecule has 0 bridgehead atoms. The minimum atomic E-state index is -0.317. The molecule has 0 radical (unpaired) electrons. The van der Waals surface area contributed by atoms with E-state index in [-0.39, 0.29) is 5.82 Å². The maximum Gasteiger partial charge on any atom is 0.152 e. The molecule has 1 aromatic rings. The third-order valence-electron chi connectivity index (χ3n) is 2.76. The van der Waals surface area contributed by atoms with Gasteiger partial charge in [-0.05, 0) is 30.9 Å². The summed E-state index contributed by atoms with van der Waals surface area (Å²) in [5.74, 6) is 0.358. The van der Waals surface area contributed by atoms with Gasteiger partial charge >= 0.3 is 0 Å². The van der Waals surface area contributed by atoms with Crippen molar-refractivity contribution in [3.05, 3.63) is 29.6 Å². The van der Waals surface area contributed by atoms with Crippen molar-refractivity contribution < 1.29 is 9.18 Å². The Hall–Kier alpha value is -1.38. The van der Waals surface area contributed by atoms with Crippen molar-refractivity contribution in [1.82, 2.24) is 0 Å². The Balaban J connectivity index is 2.26. The van der Waals surface area contributed by atoms with Crippen molar-refractivity contribution in [3.63, 3.8) is 0 Å². The summed E-state index contributed by atoms with van der Waals surface area (Å²) in [6.07, 6.45) is 3.15. The first-order valence-electron chi connectivity index (χ1n) is 5.17. The lowest BCUT2D eigenvalue weighted by Crippen LogP contribution is -2.22. The Morgan fingerprint density at radius 3 is 2.87 bits per heavy atom. The van der Waals surface area contributed by atoms with E-state index in [9.17, 15) is 9.18 Å². The van der Waals surface area contributed by atoms with Crippen molar-refractivity contribution in [2.24, 2.45) is 5.92 Å². The molecule has 0 amide bonds. The van der Waals surface area contributed by atoms with Crippen molar-refractivity contribution in [3.8, 4) is 0 Å². The van der Waals surface area contributed by atoms with E-state index in [1.54, 1.807) is 12.1 Å². The van der Waals surface area contributed by atoms with Crippen molar-refractivity contribution in [2.75, 3.05) is 18.5 Å². The van der Waals surface area contributed by atoms with Crippen LogP contribution in [0.15, 0.2) is 18.2 Å². The zero-order valence-electron chi connectivity index (χ0n) is 8.74. The molecule has 0 saturated heterocycles. The van der Waals surface area contributed by atoms with E-state index < -0.39 is 0 Å². The van der Waals surface area contributed by atoms with Crippen LogP contribution in [0.1, 0.15) is 23.2 Å². The lowest BCUT2D eigenvalue weighted by Gasteiger charge is -2.21. The maximum atomic E-state index is 13.6. The summed E-state index contributed by atoms with van der Waals surface area (Å²) in [7, 11) is 1.84. The van der Waals surface area contributed by atoms with Crippen LogP contribution in [0, 0.1) is 11.7 Å². The van der Waals surface area contributed by atoms with Gasteiger partial charge in [0.25, 0.3) is 0 Å². The van der Waals surface area contributed by atoms with Gasteiger partial charge in [0.15, 0.2) is 6.29 Å². The van der Waals surface area contributed by atoms with Crippen LogP contribution in [0.4, 0.5) is 10.1 Å². The van der Waals surface area contributed by atoms with Crippen LogP contribution in [-0.4, -0.2) is 19.9 Å². The number of carbonyl (C=O) groups is 1. The molecule has 1 saturated carbocycles. The maximum absolute atomic E-state index is 13.6. The highest BCUT2D eigenvalue weighted by Crippen LogP contribution is 2.32. The first-order chi connectivity index (χ1) is 7.22. The monoisotopic (exact) mass is 207 g/mol. The standard InChI is InChI=1S/C12H14FNO/c1-14(7-9-5-6-9)12-10(8-15)3-2-4-11(12)13/h2-4,8-9H,5-7H2,1H3. The highest BCUT2D eigenvalue weighted by atomic mass is 19.1. The van der Waals surface area contributed by atoms with Crippen LogP contribution in [0.2, 0.25) is 0 Å². The molecule has 1 fully saturated rings. The molecule has 0 atom stereocenters. The SMILES string of the molecule is CN(CC1CC1)c1c(F)cccc1C=O. The molecular weight excluding hydrogens is 193 g/mol. The zero-order chi connectivity index (χ0) is 10.8. The summed E-state index contributed by atoms with van der Waals surface area (Å²) in [6, 6.07) is 4.61. The van der Waals surface area contributed by atoms with E-state index in [0.717, 1.165) is 6.54 Å². The smallest absolute Gasteiger partial charge is 0.152 e. The number of anilines is 1. The highest BCUT2D eigenvalue weighted by molar-refractivity contribution is 5.84. The Kier molecular flexibility index (Phi) is 2.71. The van der Waals surface area contributed by atoms with Gasteiger partial charge in [0.2, 0.25) is 0 Å². The fourth-order valence-electron chi connectivity index (χ4n) is 1.81. The Morgan fingerprint density at radius 2 is 2.27 bits per heavy atom. The topological polar surface area (TPSA) is 20.3 Å². The number of para-hydroxylation sites is 1. The summed E-state index contributed by atoms with van der Waals surface area (Å²) in [5, 5.41) is 0. The van der Waals surface area contributed by atoms with Crippen molar-refractivity contribution in [2.45, 2.75) is 12.8 Å². The second kappa shape index (κ2) is 4.01. The van der Waals surface area contributed by atoms with E-state index in [0.29, 0.717) is 23.5 Å². The molecule has 0 aromatic heterocycles. The van der Waals surface area contributed by atoms with Crippen LogP contribution in [-0.2, 0) is 0 Å². The summed E-state index contributed by atoms with van der Waals surface area (Å²) in [6.45, 7) is 0.835. The Bertz CT molecular complexity index is 374. The number of hydrogen-bond acceptors (Lipinski definition) is 2. The molecule has 1 aliphatic carbocycles. The van der Waals surface area contributed by atoms with Crippen LogP contribution in [0.5, 0.6) is 0 Å². The highest BCUT2D eigenvalue weighted by Gasteiger charge is 2.24. The van der Waals surface area contributed by atoms with Crippen molar-refractivity contribution >= 4 is 12.0 Å². The van der Waals surface area contributed by atoms with E-state index >= 15 is 0 Å². The normalized spacial score (nSPS) is 15.1. The minimum absolute atomic E-state index is 0.317. The Morgan fingerprint density at radius 1 is 1.53 bits per heavy atom. The molecule has 3 heteroatoms. The second-order valence-electron chi connectivity index (χ2n) is 4.12. The zero-order valence-corrected chi connectivity index (χ0v) is 8.74. The Labute approximate surface area is 88.7 Å². The van der Waals surface area contributed by atoms with Crippen molar-refractivity contribution in [1.29, 1.82) is 0 Å². The largest absolute Gasteiger partial charge is 0.371 e. The summed E-state index contributed by atoms with van der Waals surface area (Å²) in [5.41, 5.74) is 0.859. The molecule has 80 valence electrons. The molecular formula is C12H14FNO. The average molecular weight is 207 g/mol. The molecule has 1 aromatic carbocycles. The summed E-state index contributed by atoms with van der Waals surface area (Å²) >= 11 is 0. The first kappa shape index (κ1) is 10.1. The molecule has 0 N–H and O–H groups in total. The quantitative estimate of drug-likeness (QED) is 0.707. The molecule has 2 nitrogen and oxygen atoms in total. The predicted molar refractivity (Wildman–Crippen MR) is 57.8 cm³/mol. The van der Waals surface area contributed by atoms with Crippen LogP contribution in [0.25, 0.3) is 0 Å². The fourth-order valence-corrected chi connectivity index (χ4v) is 1.81. The summed E-state index contributed by atoms with van der Waals surface area (Å²) in [4.78, 5) is 12.6. The fraction of sp³-hybridized carbons (Fsp3) is 0.417. The predicted octanol–water partition coefficient (Wildman–Crippen LogP) is 2.48. The van der Waals surface area contributed by atoms with Gasteiger partial charge in [-0.1, -0.05) is 6.07 Å². The van der Waals surface area contributed by atoms with Crippen LogP contribution < -0.4 is 4.90 Å². The van der Waals surface area contributed by atoms with Gasteiger partial charge < -0.3 is 4.90 Å². The molecule has 0 heterocycles. The lowest BCUT2D eigenvalue weighted by atomic mass is 10.1. The number of aldehydes is 1. The van der Waals surface area contributed by atoms with E-state index in [1.807, 2.05) is 11.9 Å². The second-order valence-corrected chi connectivity index (χ2v) is 4.12. The van der Waals surface area contributed by atoms with E-state index in [4.69, 9.17) is 0 Å². The molecule has 0 spiro atoms. The molecule has 1 aliphatic rings. The van der Waals surface area contributed by atoms with Crippen LogP contribution in [0.3, 0.4) is 0 Å².